The summed E-state index contributed by atoms with van der Waals surface area (Å²) in [6, 6.07) is 0. The van der Waals surface area contributed by atoms with Gasteiger partial charge >= 0.3 is 5.97 Å². The van der Waals surface area contributed by atoms with E-state index >= 15 is 0 Å². The second-order valence-corrected chi connectivity index (χ2v) is 14.3. The monoisotopic (exact) mass is 530 g/mol. The maximum Gasteiger partial charge on any atom is 0.308 e. The Labute approximate surface area is 229 Å². The van der Waals surface area contributed by atoms with Gasteiger partial charge in [-0.2, -0.15) is 0 Å². The third kappa shape index (κ3) is 4.23. The molecule has 0 aromatic heterocycles. The number of rotatable bonds is 7. The fourth-order valence-corrected chi connectivity index (χ4v) is 10.4. The van der Waals surface area contributed by atoms with Crippen LogP contribution in [-0.4, -0.2) is 41.1 Å². The molecule has 0 heterocycles. The maximum absolute atomic E-state index is 14.2. The molecule has 4 saturated carbocycles. The molecule has 0 aromatic carbocycles. The molecule has 4 fully saturated rings. The molecule has 38 heavy (non-hydrogen) atoms. The maximum atomic E-state index is 14.2. The number of fused-ring (bicyclic) bond motifs is 5. The summed E-state index contributed by atoms with van der Waals surface area (Å²) in [5.41, 5.74) is -0.843. The largest absolute Gasteiger partial charge is 0.461 e. The highest BCUT2D eigenvalue weighted by Gasteiger charge is 2.71. The van der Waals surface area contributed by atoms with Crippen molar-refractivity contribution in [2.24, 2.45) is 51.2 Å². The summed E-state index contributed by atoms with van der Waals surface area (Å²) in [7, 11) is 0. The van der Waals surface area contributed by atoms with Gasteiger partial charge in [0, 0.05) is 17.8 Å². The number of Topliss-reactive ketones (excluding diaryl/α,β-unsaturated/α-hetero) is 2. The highest BCUT2D eigenvalue weighted by Crippen LogP contribution is 2.73. The molecule has 0 bridgehead atoms. The fourth-order valence-electron chi connectivity index (χ4n) is 10.4. The van der Waals surface area contributed by atoms with Crippen LogP contribution in [0.1, 0.15) is 113 Å². The van der Waals surface area contributed by atoms with Crippen LogP contribution in [0.5, 0.6) is 0 Å². The fraction of sp³-hybridized carbons (Fsp3) is 0.875. The van der Waals surface area contributed by atoms with Gasteiger partial charge in [-0.3, -0.25) is 14.4 Å². The minimum absolute atomic E-state index is 0.0402. The van der Waals surface area contributed by atoms with E-state index in [0.717, 1.165) is 32.0 Å². The minimum atomic E-state index is -0.957. The van der Waals surface area contributed by atoms with Crippen LogP contribution in [0.2, 0.25) is 0 Å². The summed E-state index contributed by atoms with van der Waals surface area (Å²) in [4.78, 5) is 52.7. The van der Waals surface area contributed by atoms with Crippen molar-refractivity contribution in [3.8, 4) is 0 Å². The number of carbonyl (C=O) groups excluding carboxylic acids is 4. The van der Waals surface area contributed by atoms with Gasteiger partial charge in [0.15, 0.2) is 0 Å². The van der Waals surface area contributed by atoms with Crippen LogP contribution in [-0.2, 0) is 23.9 Å². The summed E-state index contributed by atoms with van der Waals surface area (Å²) in [6.07, 6.45) is 7.12. The minimum Gasteiger partial charge on any atom is -0.461 e. The Kier molecular flexibility index (Phi) is 7.84. The number of carbonyl (C=O) groups is 4. The van der Waals surface area contributed by atoms with Crippen molar-refractivity contribution >= 4 is 23.8 Å². The van der Waals surface area contributed by atoms with Crippen molar-refractivity contribution in [1.82, 2.24) is 0 Å². The van der Waals surface area contributed by atoms with Gasteiger partial charge in [-0.1, -0.05) is 54.4 Å². The van der Waals surface area contributed by atoms with Gasteiger partial charge in [-0.25, -0.2) is 0 Å². The lowest BCUT2D eigenvalue weighted by Crippen LogP contribution is -2.68. The van der Waals surface area contributed by atoms with Crippen LogP contribution in [0.15, 0.2) is 0 Å². The summed E-state index contributed by atoms with van der Waals surface area (Å²) in [5.74, 6) is -1.74. The average molecular weight is 531 g/mol. The zero-order valence-corrected chi connectivity index (χ0v) is 24.7. The van der Waals surface area contributed by atoms with E-state index in [-0.39, 0.29) is 46.1 Å². The Balaban J connectivity index is 1.76. The number of aldehydes is 1. The molecule has 4 aliphatic carbocycles. The first kappa shape index (κ1) is 29.4. The van der Waals surface area contributed by atoms with E-state index in [0.29, 0.717) is 25.2 Å². The van der Waals surface area contributed by atoms with Crippen molar-refractivity contribution in [2.75, 3.05) is 0 Å². The molecule has 0 aliphatic heterocycles. The normalized spacial score (nSPS) is 47.2. The number of aliphatic hydroxyl groups is 1. The van der Waals surface area contributed by atoms with Gasteiger partial charge in [0.05, 0.1) is 18.4 Å². The molecule has 0 amide bonds. The number of hydrogen-bond donors (Lipinski definition) is 1. The van der Waals surface area contributed by atoms with Gasteiger partial charge in [-0.15, -0.1) is 0 Å². The smallest absolute Gasteiger partial charge is 0.308 e. The van der Waals surface area contributed by atoms with Gasteiger partial charge in [0.2, 0.25) is 0 Å². The third-order valence-corrected chi connectivity index (χ3v) is 12.7. The number of hydrogen-bond acceptors (Lipinski definition) is 6. The molecule has 6 heteroatoms. The summed E-state index contributed by atoms with van der Waals surface area (Å²) >= 11 is 0. The molecule has 4 rings (SSSR count). The first-order valence-electron chi connectivity index (χ1n) is 15.1. The van der Waals surface area contributed by atoms with Gasteiger partial charge in [0.1, 0.15) is 24.0 Å². The predicted molar refractivity (Wildman–Crippen MR) is 145 cm³/mol. The zero-order valence-electron chi connectivity index (χ0n) is 24.7. The second-order valence-electron chi connectivity index (χ2n) is 14.3. The Hall–Kier alpha value is -1.56. The van der Waals surface area contributed by atoms with Crippen LogP contribution in [0, 0.1) is 51.2 Å². The molecular formula is C32H50O6. The van der Waals surface area contributed by atoms with Crippen LogP contribution in [0.25, 0.3) is 0 Å². The number of aliphatic hydroxyl groups excluding tert-OH is 1. The standard InChI is InChI=1S/C32H50O6/c1-8-20(35)15-27(37)38-22-16-25-31(6)14-11-23-29(4,9-2)12-10-13-30(23,5)24(31)17-26(36)32(25,7)21(18-33)28(22)19(3)34/h18,20-25,28,35H,8-17H2,1-7H3/t20?,21-,22+,23-,24+,25-,28-,29-,30-,31+,32+/m0/s1. The van der Waals surface area contributed by atoms with E-state index in [1.165, 1.54) is 19.8 Å². The predicted octanol–water partition coefficient (Wildman–Crippen LogP) is 5.72. The van der Waals surface area contributed by atoms with Crippen LogP contribution < -0.4 is 0 Å². The van der Waals surface area contributed by atoms with Crippen molar-refractivity contribution in [1.29, 1.82) is 0 Å². The molecule has 0 aromatic rings. The van der Waals surface area contributed by atoms with Crippen LogP contribution >= 0.6 is 0 Å². The molecule has 4 aliphatic rings. The van der Waals surface area contributed by atoms with Crippen LogP contribution in [0.3, 0.4) is 0 Å². The van der Waals surface area contributed by atoms with E-state index in [1.54, 1.807) is 6.92 Å². The first-order valence-corrected chi connectivity index (χ1v) is 15.1. The molecular weight excluding hydrogens is 480 g/mol. The van der Waals surface area contributed by atoms with E-state index < -0.39 is 35.4 Å². The third-order valence-electron chi connectivity index (χ3n) is 12.7. The van der Waals surface area contributed by atoms with Crippen molar-refractivity contribution < 1.29 is 29.0 Å². The number of esters is 1. The molecule has 0 saturated heterocycles. The zero-order chi connectivity index (χ0) is 28.3. The lowest BCUT2D eigenvalue weighted by Gasteiger charge is -2.70. The first-order chi connectivity index (χ1) is 17.7. The van der Waals surface area contributed by atoms with E-state index in [1.807, 2.05) is 6.92 Å². The highest BCUT2D eigenvalue weighted by atomic mass is 16.5. The molecule has 1 N–H and O–H groups in total. The Bertz CT molecular complexity index is 975. The Morgan fingerprint density at radius 2 is 1.71 bits per heavy atom. The Morgan fingerprint density at radius 1 is 1.05 bits per heavy atom. The van der Waals surface area contributed by atoms with Crippen molar-refractivity contribution in [3.63, 3.8) is 0 Å². The highest BCUT2D eigenvalue weighted by molar-refractivity contribution is 5.93. The van der Waals surface area contributed by atoms with Crippen molar-refractivity contribution in [3.05, 3.63) is 0 Å². The molecule has 0 radical (unpaired) electrons. The number of ether oxygens (including phenoxy) is 1. The number of ketones is 2. The second kappa shape index (κ2) is 10.1. The average Bonchev–Trinajstić information content (AvgIpc) is 2.85. The SMILES string of the molecule is CCC(O)CC(=O)O[C@@H]1C[C@H]2[C@]3(C)CC[C@H]4[C@@](C)(CC)CCC[C@]4(C)[C@H]3CC(=O)[C@]2(C)[C@@H](C=O)[C@@H]1C(C)=O. The lowest BCUT2D eigenvalue weighted by molar-refractivity contribution is -0.224. The quantitative estimate of drug-likeness (QED) is 0.334. The summed E-state index contributed by atoms with van der Waals surface area (Å²) in [6.45, 7) is 14.6. The summed E-state index contributed by atoms with van der Waals surface area (Å²) in [5, 5.41) is 10.0. The van der Waals surface area contributed by atoms with Gasteiger partial charge in [-0.05, 0) is 79.4 Å². The summed E-state index contributed by atoms with van der Waals surface area (Å²) < 4.78 is 5.92. The van der Waals surface area contributed by atoms with E-state index in [9.17, 15) is 24.3 Å². The molecule has 11 atom stereocenters. The molecule has 6 nitrogen and oxygen atoms in total. The van der Waals surface area contributed by atoms with Crippen molar-refractivity contribution in [2.45, 2.75) is 125 Å². The van der Waals surface area contributed by atoms with E-state index in [4.69, 9.17) is 4.74 Å². The topological polar surface area (TPSA) is 97.7 Å². The lowest BCUT2D eigenvalue weighted by atomic mass is 9.34. The molecule has 0 spiro atoms. The molecule has 1 unspecified atom stereocenters. The van der Waals surface area contributed by atoms with E-state index in [2.05, 4.69) is 27.7 Å². The molecule has 214 valence electrons. The van der Waals surface area contributed by atoms with Crippen LogP contribution in [0.4, 0.5) is 0 Å². The van der Waals surface area contributed by atoms with Gasteiger partial charge < -0.3 is 14.6 Å². The Morgan fingerprint density at radius 3 is 2.29 bits per heavy atom. The van der Waals surface area contributed by atoms with Gasteiger partial charge in [0.25, 0.3) is 0 Å².